The van der Waals surface area contributed by atoms with Crippen molar-refractivity contribution in [2.75, 3.05) is 19.7 Å². The maximum Gasteiger partial charge on any atom is 0.167 e. The van der Waals surface area contributed by atoms with Crippen LogP contribution in [-0.4, -0.2) is 45.4 Å². The Morgan fingerprint density at radius 3 is 2.92 bits per heavy atom. The van der Waals surface area contributed by atoms with Gasteiger partial charge in [0.2, 0.25) is 0 Å². The third-order valence-electron chi connectivity index (χ3n) is 5.69. The SMILES string of the molecule is c1ccc(-c2nnc3n2CCCCC3)c(OCC2CN2CC2CC2)c1. The standard InChI is InChI=1S/C20H26N4O/c1-2-8-19-21-22-20(24(19)11-5-1)17-6-3-4-7-18(17)25-14-16-13-23(16)12-15-9-10-15/h3-4,6-7,15-16H,1-2,5,8-14H2. The van der Waals surface area contributed by atoms with Crippen LogP contribution >= 0.6 is 0 Å². The molecular formula is C20H26N4O. The van der Waals surface area contributed by atoms with E-state index < -0.39 is 0 Å². The van der Waals surface area contributed by atoms with Gasteiger partial charge in [-0.2, -0.15) is 0 Å². The molecule has 0 bridgehead atoms. The average Bonchev–Trinajstić information content (AvgIpc) is 3.55. The lowest BCUT2D eigenvalue weighted by Crippen LogP contribution is -2.13. The van der Waals surface area contributed by atoms with E-state index in [1.807, 2.05) is 6.07 Å². The molecule has 0 amide bonds. The lowest BCUT2D eigenvalue weighted by atomic mass is 10.2. The highest BCUT2D eigenvalue weighted by Gasteiger charge is 2.38. The summed E-state index contributed by atoms with van der Waals surface area (Å²) >= 11 is 0. The van der Waals surface area contributed by atoms with Crippen LogP contribution < -0.4 is 4.74 Å². The molecule has 3 aliphatic rings. The van der Waals surface area contributed by atoms with Crippen molar-refractivity contribution in [1.29, 1.82) is 0 Å². The topological polar surface area (TPSA) is 42.9 Å². The van der Waals surface area contributed by atoms with Crippen LogP contribution in [0.4, 0.5) is 0 Å². The number of hydrogen-bond acceptors (Lipinski definition) is 4. The Morgan fingerprint density at radius 1 is 1.08 bits per heavy atom. The van der Waals surface area contributed by atoms with E-state index in [1.165, 1.54) is 45.2 Å². The number of benzene rings is 1. The molecule has 1 aliphatic carbocycles. The van der Waals surface area contributed by atoms with Gasteiger partial charge < -0.3 is 9.30 Å². The lowest BCUT2D eigenvalue weighted by molar-refractivity contribution is 0.293. The van der Waals surface area contributed by atoms with Gasteiger partial charge in [0, 0.05) is 26.1 Å². The largest absolute Gasteiger partial charge is 0.491 e. The average molecular weight is 338 g/mol. The molecule has 1 saturated heterocycles. The number of aromatic nitrogens is 3. The summed E-state index contributed by atoms with van der Waals surface area (Å²) in [6.07, 6.45) is 7.58. The smallest absolute Gasteiger partial charge is 0.167 e. The molecule has 2 aromatic rings. The van der Waals surface area contributed by atoms with Gasteiger partial charge in [-0.3, -0.25) is 4.90 Å². The summed E-state index contributed by atoms with van der Waals surface area (Å²) < 4.78 is 8.51. The van der Waals surface area contributed by atoms with Gasteiger partial charge in [-0.05, 0) is 43.7 Å². The van der Waals surface area contributed by atoms with E-state index in [0.29, 0.717) is 6.04 Å². The van der Waals surface area contributed by atoms with Gasteiger partial charge in [-0.1, -0.05) is 18.6 Å². The Bertz CT molecular complexity index is 752. The molecule has 5 heteroatoms. The number of hydrogen-bond donors (Lipinski definition) is 0. The molecule has 2 aliphatic heterocycles. The number of aryl methyl sites for hydroxylation is 1. The van der Waals surface area contributed by atoms with E-state index in [1.54, 1.807) is 0 Å². The van der Waals surface area contributed by atoms with Crippen LogP contribution in [0.3, 0.4) is 0 Å². The summed E-state index contributed by atoms with van der Waals surface area (Å²) in [7, 11) is 0. The van der Waals surface area contributed by atoms with Crippen LogP contribution in [0, 0.1) is 5.92 Å². The number of fused-ring (bicyclic) bond motifs is 1. The van der Waals surface area contributed by atoms with Crippen molar-refractivity contribution < 1.29 is 4.74 Å². The van der Waals surface area contributed by atoms with Crippen LogP contribution in [-0.2, 0) is 13.0 Å². The molecule has 0 radical (unpaired) electrons. The minimum absolute atomic E-state index is 0.601. The number of rotatable bonds is 6. The number of nitrogens with zero attached hydrogens (tertiary/aromatic N) is 4. The van der Waals surface area contributed by atoms with Gasteiger partial charge >= 0.3 is 0 Å². The summed E-state index contributed by atoms with van der Waals surface area (Å²) in [6.45, 7) is 4.26. The van der Waals surface area contributed by atoms with Crippen LogP contribution in [0.2, 0.25) is 0 Å². The predicted molar refractivity (Wildman–Crippen MR) is 96.6 cm³/mol. The second-order valence-corrected chi connectivity index (χ2v) is 7.76. The van der Waals surface area contributed by atoms with E-state index in [2.05, 4.69) is 37.9 Å². The molecule has 25 heavy (non-hydrogen) atoms. The fourth-order valence-corrected chi connectivity index (χ4v) is 3.88. The first-order valence-electron chi connectivity index (χ1n) is 9.77. The van der Waals surface area contributed by atoms with Crippen molar-refractivity contribution in [3.05, 3.63) is 30.1 Å². The molecule has 1 aromatic heterocycles. The maximum atomic E-state index is 6.22. The second kappa shape index (κ2) is 6.45. The zero-order valence-corrected chi connectivity index (χ0v) is 14.7. The first-order valence-corrected chi connectivity index (χ1v) is 9.77. The Morgan fingerprint density at radius 2 is 2.00 bits per heavy atom. The van der Waals surface area contributed by atoms with E-state index in [9.17, 15) is 0 Å². The Kier molecular flexibility index (Phi) is 3.97. The van der Waals surface area contributed by atoms with Crippen molar-refractivity contribution in [2.45, 2.75) is 51.1 Å². The van der Waals surface area contributed by atoms with Crippen LogP contribution in [0.25, 0.3) is 11.4 Å². The molecule has 2 fully saturated rings. The summed E-state index contributed by atoms with van der Waals surface area (Å²) in [5.41, 5.74) is 1.08. The highest BCUT2D eigenvalue weighted by atomic mass is 16.5. The normalized spacial score (nSPS) is 25.3. The molecule has 1 saturated carbocycles. The van der Waals surface area contributed by atoms with E-state index >= 15 is 0 Å². The monoisotopic (exact) mass is 338 g/mol. The highest BCUT2D eigenvalue weighted by Crippen LogP contribution is 2.35. The molecule has 2 unspecified atom stereocenters. The second-order valence-electron chi connectivity index (χ2n) is 7.76. The third kappa shape index (κ3) is 3.30. The summed E-state index contributed by atoms with van der Waals surface area (Å²) in [5.74, 6) is 4.00. The van der Waals surface area contributed by atoms with E-state index in [-0.39, 0.29) is 0 Å². The summed E-state index contributed by atoms with van der Waals surface area (Å²) in [5, 5.41) is 8.94. The van der Waals surface area contributed by atoms with Crippen LogP contribution in [0.15, 0.2) is 24.3 Å². The zero-order chi connectivity index (χ0) is 16.6. The Hall–Kier alpha value is -1.88. The van der Waals surface area contributed by atoms with Gasteiger partial charge in [0.15, 0.2) is 5.82 Å². The Labute approximate surface area is 149 Å². The minimum atomic E-state index is 0.601. The Balaban J connectivity index is 1.32. The quantitative estimate of drug-likeness (QED) is 0.759. The fraction of sp³-hybridized carbons (Fsp3) is 0.600. The molecule has 1 aromatic carbocycles. The first-order chi connectivity index (χ1) is 12.4. The van der Waals surface area contributed by atoms with E-state index in [4.69, 9.17) is 4.74 Å². The molecule has 132 valence electrons. The predicted octanol–water partition coefficient (Wildman–Crippen LogP) is 3.14. The van der Waals surface area contributed by atoms with Crippen molar-refractivity contribution in [3.8, 4) is 17.1 Å². The fourth-order valence-electron chi connectivity index (χ4n) is 3.88. The molecule has 0 N–H and O–H groups in total. The molecule has 3 heterocycles. The first kappa shape index (κ1) is 15.4. The highest BCUT2D eigenvalue weighted by molar-refractivity contribution is 5.64. The molecule has 5 nitrogen and oxygen atoms in total. The van der Waals surface area contributed by atoms with Gasteiger partial charge in [-0.15, -0.1) is 10.2 Å². The van der Waals surface area contributed by atoms with Crippen molar-refractivity contribution >= 4 is 0 Å². The lowest BCUT2D eigenvalue weighted by Gasteiger charge is -2.12. The van der Waals surface area contributed by atoms with Gasteiger partial charge in [0.05, 0.1) is 11.6 Å². The molecule has 0 spiro atoms. The van der Waals surface area contributed by atoms with Crippen molar-refractivity contribution in [2.24, 2.45) is 5.92 Å². The zero-order valence-electron chi connectivity index (χ0n) is 14.7. The molecular weight excluding hydrogens is 312 g/mol. The third-order valence-corrected chi connectivity index (χ3v) is 5.69. The van der Waals surface area contributed by atoms with Gasteiger partial charge in [0.25, 0.3) is 0 Å². The number of ether oxygens (including phenoxy) is 1. The van der Waals surface area contributed by atoms with Gasteiger partial charge in [0.1, 0.15) is 18.2 Å². The summed E-state index contributed by atoms with van der Waals surface area (Å²) in [6, 6.07) is 8.90. The van der Waals surface area contributed by atoms with Crippen molar-refractivity contribution in [3.63, 3.8) is 0 Å². The minimum Gasteiger partial charge on any atom is -0.491 e. The van der Waals surface area contributed by atoms with Crippen LogP contribution in [0.1, 0.15) is 37.9 Å². The maximum absolute atomic E-state index is 6.22. The number of para-hydroxylation sites is 1. The summed E-state index contributed by atoms with van der Waals surface area (Å²) in [4.78, 5) is 2.55. The molecule has 5 rings (SSSR count). The molecule has 2 atom stereocenters. The van der Waals surface area contributed by atoms with Crippen LogP contribution in [0.5, 0.6) is 5.75 Å². The van der Waals surface area contributed by atoms with Gasteiger partial charge in [-0.25, -0.2) is 0 Å². The van der Waals surface area contributed by atoms with E-state index in [0.717, 1.165) is 48.5 Å². The van der Waals surface area contributed by atoms with Crippen molar-refractivity contribution in [1.82, 2.24) is 19.7 Å².